The van der Waals surface area contributed by atoms with Crippen molar-refractivity contribution in [2.24, 2.45) is 22.1 Å². The van der Waals surface area contributed by atoms with Gasteiger partial charge in [0.05, 0.1) is 37.0 Å². The second kappa shape index (κ2) is 14.8. The van der Waals surface area contributed by atoms with Crippen molar-refractivity contribution in [3.05, 3.63) is 87.6 Å². The molecule has 3 aromatic rings. The average Bonchev–Trinajstić information content (AvgIpc) is 3.25. The Morgan fingerprint density at radius 3 is 2.75 bits per heavy atom. The molecule has 7 rings (SSSR count). The van der Waals surface area contributed by atoms with Crippen molar-refractivity contribution >= 4 is 39.0 Å². The predicted octanol–water partition coefficient (Wildman–Crippen LogP) is 6.51. The lowest BCUT2D eigenvalue weighted by Crippen LogP contribution is -2.49. The fourth-order valence-electron chi connectivity index (χ4n) is 8.36. The first-order valence-corrected chi connectivity index (χ1v) is 20.1. The minimum Gasteiger partial charge on any atom is -0.490 e. The molecule has 1 spiro atoms. The summed E-state index contributed by atoms with van der Waals surface area (Å²) < 4.78 is 39.5. The summed E-state index contributed by atoms with van der Waals surface area (Å²) in [5, 5.41) is 8.64. The number of amides is 2. The van der Waals surface area contributed by atoms with Gasteiger partial charge in [-0.2, -0.15) is 5.10 Å². The van der Waals surface area contributed by atoms with Gasteiger partial charge in [-0.1, -0.05) is 36.7 Å². The highest BCUT2D eigenvalue weighted by Crippen LogP contribution is 2.47. The zero-order valence-corrected chi connectivity index (χ0v) is 31.7. The number of carbonyl (C=O) groups is 2. The second-order valence-corrected chi connectivity index (χ2v) is 17.2. The first kappa shape index (κ1) is 36.4. The van der Waals surface area contributed by atoms with E-state index in [1.54, 1.807) is 20.1 Å². The molecule has 3 heterocycles. The molecule has 13 heteroatoms. The molecule has 6 atom stereocenters. The summed E-state index contributed by atoms with van der Waals surface area (Å²) in [5.41, 5.74) is 3.83. The summed E-state index contributed by atoms with van der Waals surface area (Å²) in [6.45, 7) is 5.57. The molecule has 1 fully saturated rings. The van der Waals surface area contributed by atoms with Crippen molar-refractivity contribution in [2.75, 3.05) is 44.6 Å². The van der Waals surface area contributed by atoms with Gasteiger partial charge < -0.3 is 19.1 Å². The molecule has 2 aromatic carbocycles. The molecule has 1 aromatic heterocycles. The Morgan fingerprint density at radius 1 is 1.13 bits per heavy atom. The van der Waals surface area contributed by atoms with E-state index in [1.165, 1.54) is 24.3 Å². The molecule has 52 heavy (non-hydrogen) atoms. The number of carbonyl (C=O) groups excluding carboxylic acids is 2. The van der Waals surface area contributed by atoms with Crippen LogP contribution in [0.3, 0.4) is 0 Å². The summed E-state index contributed by atoms with van der Waals surface area (Å²) in [5.74, 6) is -0.286. The third kappa shape index (κ3) is 7.30. The van der Waals surface area contributed by atoms with E-state index < -0.39 is 21.7 Å². The van der Waals surface area contributed by atoms with Gasteiger partial charge in [-0.05, 0) is 111 Å². The Hall–Kier alpha value is -4.00. The number of anilines is 1. The summed E-state index contributed by atoms with van der Waals surface area (Å²) >= 11 is 6.46. The van der Waals surface area contributed by atoms with Crippen molar-refractivity contribution in [3.63, 3.8) is 0 Å². The van der Waals surface area contributed by atoms with Gasteiger partial charge >= 0.3 is 0 Å². The molecule has 11 nitrogen and oxygen atoms in total. The van der Waals surface area contributed by atoms with Crippen LogP contribution in [-0.4, -0.2) is 72.0 Å². The minimum absolute atomic E-state index is 0.0196. The number of fused-ring (bicyclic) bond motifs is 4. The number of halogens is 1. The molecule has 1 N–H and O–H groups in total. The quantitative estimate of drug-likeness (QED) is 0.297. The van der Waals surface area contributed by atoms with Crippen LogP contribution in [0.2, 0.25) is 5.02 Å². The summed E-state index contributed by atoms with van der Waals surface area (Å²) in [7, 11) is -0.499. The molecule has 1 unspecified atom stereocenters. The zero-order valence-electron chi connectivity index (χ0n) is 30.1. The highest BCUT2D eigenvalue weighted by atomic mass is 35.5. The summed E-state index contributed by atoms with van der Waals surface area (Å²) in [6.07, 6.45) is 9.72. The van der Waals surface area contributed by atoms with Gasteiger partial charge in [-0.15, -0.1) is 9.46 Å². The summed E-state index contributed by atoms with van der Waals surface area (Å²) in [6, 6.07) is 13.0. The number of aryl methyl sites for hydroxylation is 2. The Labute approximate surface area is 310 Å². The second-order valence-electron chi connectivity index (χ2n) is 14.8. The number of nitrogens with one attached hydrogen (secondary N) is 1. The van der Waals surface area contributed by atoms with Crippen LogP contribution in [0.1, 0.15) is 76.6 Å². The average molecular weight is 748 g/mol. The maximum atomic E-state index is 14.6. The van der Waals surface area contributed by atoms with E-state index >= 15 is 0 Å². The smallest absolute Gasteiger partial charge is 0.286 e. The van der Waals surface area contributed by atoms with Crippen molar-refractivity contribution < 1.29 is 28.0 Å². The molecule has 1 saturated carbocycles. The molecule has 0 saturated heterocycles. The molecule has 0 radical (unpaired) electrons. The van der Waals surface area contributed by atoms with Gasteiger partial charge in [0.1, 0.15) is 21.2 Å². The van der Waals surface area contributed by atoms with E-state index in [2.05, 4.69) is 48.5 Å². The van der Waals surface area contributed by atoms with Crippen LogP contribution in [0, 0.1) is 24.7 Å². The van der Waals surface area contributed by atoms with E-state index in [1.807, 2.05) is 25.1 Å². The van der Waals surface area contributed by atoms with Crippen LogP contribution in [0.15, 0.2) is 59.0 Å². The lowest BCUT2D eigenvalue weighted by Gasteiger charge is -2.46. The van der Waals surface area contributed by atoms with E-state index in [-0.39, 0.29) is 40.2 Å². The fourth-order valence-corrected chi connectivity index (χ4v) is 10.4. The Bertz CT molecular complexity index is 2030. The zero-order chi connectivity index (χ0) is 36.6. The first-order chi connectivity index (χ1) is 25.0. The number of aromatic nitrogens is 2. The molecule has 2 amide bonds. The number of benzene rings is 2. The topological polar surface area (TPSA) is 132 Å². The van der Waals surface area contributed by atoms with Gasteiger partial charge in [-0.3, -0.25) is 14.3 Å². The highest BCUT2D eigenvalue weighted by Gasteiger charge is 2.44. The van der Waals surface area contributed by atoms with Crippen molar-refractivity contribution in [2.45, 2.75) is 63.9 Å². The summed E-state index contributed by atoms with van der Waals surface area (Å²) in [4.78, 5) is 30.0. The lowest BCUT2D eigenvalue weighted by molar-refractivity contribution is 0.0131. The predicted molar refractivity (Wildman–Crippen MR) is 201 cm³/mol. The monoisotopic (exact) mass is 747 g/mol. The van der Waals surface area contributed by atoms with Gasteiger partial charge in [0.25, 0.3) is 11.8 Å². The molecular weight excluding hydrogens is 702 g/mol. The van der Waals surface area contributed by atoms with Gasteiger partial charge in [-0.25, -0.2) is 4.21 Å². The van der Waals surface area contributed by atoms with E-state index in [4.69, 9.17) is 25.8 Å². The Balaban J connectivity index is 1.31. The lowest BCUT2D eigenvalue weighted by atomic mass is 9.68. The van der Waals surface area contributed by atoms with E-state index in [0.29, 0.717) is 42.9 Å². The largest absolute Gasteiger partial charge is 0.490 e. The number of hydrogen-bond donors (Lipinski definition) is 1. The maximum absolute atomic E-state index is 14.6. The third-order valence-corrected chi connectivity index (χ3v) is 13.3. The number of rotatable bonds is 4. The number of ether oxygens (including phenoxy) is 3. The van der Waals surface area contributed by atoms with Gasteiger partial charge in [0.2, 0.25) is 5.88 Å². The highest BCUT2D eigenvalue weighted by molar-refractivity contribution is 7.92. The van der Waals surface area contributed by atoms with E-state index in [0.717, 1.165) is 49.4 Å². The molecular formula is C39H46ClN5O6S. The number of hydrogen-bond acceptors (Lipinski definition) is 9. The normalized spacial score (nSPS) is 29.3. The molecule has 2 aliphatic carbocycles. The number of nitrogens with zero attached hydrogens (tertiary/aromatic N) is 4. The minimum atomic E-state index is -3.63. The fraction of sp³-hybridized carbons (Fsp3) is 0.487. The van der Waals surface area contributed by atoms with Crippen LogP contribution in [0.4, 0.5) is 5.69 Å². The molecule has 2 aliphatic heterocycles. The standard InChI is InChI=1S/C39H46ClN5O6S/c1-24-7-5-9-34(49-3)30-13-10-28(30)20-45-22-39(16-6-8-26-18-29(40)12-14-32(26)39)23-51-35-15-11-27(19-33(35)45)36(46)43-52(48,21-24)44-37(47)31-17-25(2)41-42-38(31)50-4/h5,9,11-12,14-15,17-19,24,28,30,34H,6-8,10,13,16,20-23H2,1-4H3,(H,43,44,46,47,48)/b9-5+/t24-,28-,30+,34-,39-,52?/m0/s1. The number of methoxy groups -OCH3 is 2. The number of allylic oxidation sites excluding steroid dienone is 1. The molecule has 276 valence electrons. The van der Waals surface area contributed by atoms with E-state index in [9.17, 15) is 13.8 Å². The first-order valence-electron chi connectivity index (χ1n) is 18.0. The maximum Gasteiger partial charge on any atom is 0.286 e. The van der Waals surface area contributed by atoms with Gasteiger partial charge in [0, 0.05) is 36.2 Å². The SMILES string of the molecule is COc1nnc(C)cc1C(=O)NS1(=O)=NC(=O)c2ccc3c(c2)N(C[C@@H]2CC[C@H]2[C@@H](OC)/C=C/C[C@H](C)C1)C[C@@]1(CCCc2cc(Cl)ccc21)CO3. The molecule has 2 bridgehead atoms. The van der Waals surface area contributed by atoms with Crippen molar-refractivity contribution in [3.8, 4) is 11.6 Å². The van der Waals surface area contributed by atoms with Crippen LogP contribution >= 0.6 is 11.6 Å². The van der Waals surface area contributed by atoms with Crippen LogP contribution in [0.25, 0.3) is 0 Å². The van der Waals surface area contributed by atoms with Crippen LogP contribution < -0.4 is 19.1 Å². The van der Waals surface area contributed by atoms with Crippen molar-refractivity contribution in [1.82, 2.24) is 14.9 Å². The van der Waals surface area contributed by atoms with Gasteiger partial charge in [0.15, 0.2) is 0 Å². The Kier molecular flexibility index (Phi) is 10.3. The molecule has 4 aliphatic rings. The van der Waals surface area contributed by atoms with Crippen LogP contribution in [-0.2, 0) is 26.5 Å². The Morgan fingerprint density at radius 2 is 1.98 bits per heavy atom. The van der Waals surface area contributed by atoms with Crippen LogP contribution in [0.5, 0.6) is 11.6 Å². The van der Waals surface area contributed by atoms with Crippen molar-refractivity contribution in [1.29, 1.82) is 0 Å². The third-order valence-electron chi connectivity index (χ3n) is 11.1.